The van der Waals surface area contributed by atoms with E-state index in [0.717, 1.165) is 19.4 Å². The summed E-state index contributed by atoms with van der Waals surface area (Å²) in [6.07, 6.45) is 4.38. The van der Waals surface area contributed by atoms with Crippen LogP contribution in [0.5, 0.6) is 0 Å². The fourth-order valence-electron chi connectivity index (χ4n) is 4.43. The molecular formula is C21H25N3O3S. The number of methoxy groups -OCH3 is 1. The largest absolute Gasteiger partial charge is 0.465 e. The molecule has 2 fully saturated rings. The molecule has 2 aliphatic rings. The van der Waals surface area contributed by atoms with Gasteiger partial charge in [0.25, 0.3) is 0 Å². The SMILES string of the molecule is COC(=O)c1cccc(NC(=O)NC2C[C@@H]3CC[C@@H](C2)N3Cc2cccs2)c1. The van der Waals surface area contributed by atoms with Crippen molar-refractivity contribution in [2.24, 2.45) is 0 Å². The number of rotatable bonds is 5. The van der Waals surface area contributed by atoms with Crippen LogP contribution in [-0.4, -0.2) is 42.1 Å². The lowest BCUT2D eigenvalue weighted by Gasteiger charge is -2.39. The van der Waals surface area contributed by atoms with Crippen LogP contribution in [0.15, 0.2) is 41.8 Å². The van der Waals surface area contributed by atoms with E-state index in [4.69, 9.17) is 4.74 Å². The van der Waals surface area contributed by atoms with Crippen LogP contribution < -0.4 is 10.6 Å². The molecule has 0 spiro atoms. The molecule has 148 valence electrons. The van der Waals surface area contributed by atoms with Gasteiger partial charge < -0.3 is 15.4 Å². The van der Waals surface area contributed by atoms with Crippen LogP contribution in [0.4, 0.5) is 10.5 Å². The van der Waals surface area contributed by atoms with E-state index in [9.17, 15) is 9.59 Å². The summed E-state index contributed by atoms with van der Waals surface area (Å²) < 4.78 is 4.72. The van der Waals surface area contributed by atoms with Crippen molar-refractivity contribution in [1.29, 1.82) is 0 Å². The van der Waals surface area contributed by atoms with Crippen LogP contribution in [0.3, 0.4) is 0 Å². The second-order valence-corrected chi connectivity index (χ2v) is 8.51. The molecule has 7 heteroatoms. The summed E-state index contributed by atoms with van der Waals surface area (Å²) in [5, 5.41) is 8.09. The Labute approximate surface area is 168 Å². The highest BCUT2D eigenvalue weighted by molar-refractivity contribution is 7.09. The number of anilines is 1. The number of piperidine rings is 1. The van der Waals surface area contributed by atoms with E-state index in [2.05, 4.69) is 33.0 Å². The van der Waals surface area contributed by atoms with Gasteiger partial charge in [-0.1, -0.05) is 12.1 Å². The van der Waals surface area contributed by atoms with Gasteiger partial charge in [0.05, 0.1) is 12.7 Å². The molecule has 2 atom stereocenters. The molecule has 0 radical (unpaired) electrons. The van der Waals surface area contributed by atoms with Crippen molar-refractivity contribution in [3.05, 3.63) is 52.2 Å². The van der Waals surface area contributed by atoms with Gasteiger partial charge in [0, 0.05) is 35.2 Å². The molecule has 4 rings (SSSR count). The third-order valence-electron chi connectivity index (χ3n) is 5.68. The molecule has 0 saturated carbocycles. The zero-order chi connectivity index (χ0) is 19.5. The van der Waals surface area contributed by atoms with Crippen molar-refractivity contribution in [3.8, 4) is 0 Å². The number of carbonyl (C=O) groups is 2. The van der Waals surface area contributed by atoms with E-state index in [1.54, 1.807) is 24.3 Å². The molecule has 2 aromatic rings. The molecule has 1 aromatic carbocycles. The van der Waals surface area contributed by atoms with Gasteiger partial charge in [0.15, 0.2) is 0 Å². The maximum atomic E-state index is 12.5. The van der Waals surface area contributed by atoms with Gasteiger partial charge in [-0.05, 0) is 55.3 Å². The van der Waals surface area contributed by atoms with Gasteiger partial charge in [0.2, 0.25) is 0 Å². The van der Waals surface area contributed by atoms with Gasteiger partial charge >= 0.3 is 12.0 Å². The number of hydrogen-bond donors (Lipinski definition) is 2. The predicted molar refractivity (Wildman–Crippen MR) is 110 cm³/mol. The van der Waals surface area contributed by atoms with Crippen LogP contribution in [-0.2, 0) is 11.3 Å². The molecule has 2 N–H and O–H groups in total. The molecular weight excluding hydrogens is 374 g/mol. The maximum Gasteiger partial charge on any atom is 0.337 e. The number of urea groups is 1. The van der Waals surface area contributed by atoms with E-state index in [-0.39, 0.29) is 12.1 Å². The summed E-state index contributed by atoms with van der Waals surface area (Å²) in [4.78, 5) is 28.1. The summed E-state index contributed by atoms with van der Waals surface area (Å²) in [5.41, 5.74) is 0.999. The highest BCUT2D eigenvalue weighted by atomic mass is 32.1. The van der Waals surface area contributed by atoms with Crippen LogP contribution in [0.2, 0.25) is 0 Å². The summed E-state index contributed by atoms with van der Waals surface area (Å²) in [5.74, 6) is -0.418. The van der Waals surface area contributed by atoms with Crippen LogP contribution >= 0.6 is 11.3 Å². The van der Waals surface area contributed by atoms with Crippen molar-refractivity contribution >= 4 is 29.0 Å². The molecule has 3 heterocycles. The number of benzene rings is 1. The smallest absolute Gasteiger partial charge is 0.337 e. The normalized spacial score (nSPS) is 24.0. The first-order chi connectivity index (χ1) is 13.6. The molecule has 1 aromatic heterocycles. The quantitative estimate of drug-likeness (QED) is 0.749. The minimum absolute atomic E-state index is 0.181. The zero-order valence-electron chi connectivity index (χ0n) is 15.9. The highest BCUT2D eigenvalue weighted by Gasteiger charge is 2.41. The average molecular weight is 400 g/mol. The third kappa shape index (κ3) is 4.20. The first-order valence-corrected chi connectivity index (χ1v) is 10.5. The zero-order valence-corrected chi connectivity index (χ0v) is 16.7. The fraction of sp³-hybridized carbons (Fsp3) is 0.429. The van der Waals surface area contributed by atoms with Crippen LogP contribution in [0, 0.1) is 0 Å². The number of esters is 1. The molecule has 0 unspecified atom stereocenters. The average Bonchev–Trinajstić information content (AvgIpc) is 3.28. The number of nitrogens with zero attached hydrogens (tertiary/aromatic N) is 1. The van der Waals surface area contributed by atoms with Crippen molar-refractivity contribution in [2.45, 2.75) is 50.4 Å². The van der Waals surface area contributed by atoms with Gasteiger partial charge in [-0.25, -0.2) is 9.59 Å². The molecule has 0 aliphatic carbocycles. The standard InChI is InChI=1S/C21H25N3O3S/c1-27-20(25)14-4-2-5-15(10-14)22-21(26)23-16-11-17-7-8-18(12-16)24(17)13-19-6-3-9-28-19/h2-6,9-10,16-18H,7-8,11-13H2,1H3,(H2,22,23,26)/t17-,18-/m0/s1. The lowest BCUT2D eigenvalue weighted by atomic mass is 9.97. The van der Waals surface area contributed by atoms with Crippen molar-refractivity contribution in [2.75, 3.05) is 12.4 Å². The first kappa shape index (κ1) is 19.0. The lowest BCUT2D eigenvalue weighted by Crippen LogP contribution is -2.50. The molecule has 2 saturated heterocycles. The molecule has 2 aliphatic heterocycles. The molecule has 6 nitrogen and oxygen atoms in total. The molecule has 2 bridgehead atoms. The van der Waals surface area contributed by atoms with E-state index in [1.165, 1.54) is 24.8 Å². The van der Waals surface area contributed by atoms with Gasteiger partial charge in [0.1, 0.15) is 0 Å². The van der Waals surface area contributed by atoms with Crippen LogP contribution in [0.1, 0.15) is 40.9 Å². The Hall–Kier alpha value is -2.38. The fourth-order valence-corrected chi connectivity index (χ4v) is 5.14. The minimum Gasteiger partial charge on any atom is -0.465 e. The monoisotopic (exact) mass is 399 g/mol. The maximum absolute atomic E-state index is 12.5. The summed E-state index contributed by atoms with van der Waals surface area (Å²) >= 11 is 1.81. The van der Waals surface area contributed by atoms with E-state index < -0.39 is 5.97 Å². The number of carbonyl (C=O) groups excluding carboxylic acids is 2. The molecule has 28 heavy (non-hydrogen) atoms. The van der Waals surface area contributed by atoms with Gasteiger partial charge in [-0.2, -0.15) is 0 Å². The molecule has 2 amide bonds. The number of hydrogen-bond acceptors (Lipinski definition) is 5. The van der Waals surface area contributed by atoms with Crippen molar-refractivity contribution in [3.63, 3.8) is 0 Å². The number of thiophene rings is 1. The Balaban J connectivity index is 1.32. The van der Waals surface area contributed by atoms with Gasteiger partial charge in [-0.3, -0.25) is 4.90 Å². The Kier molecular flexibility index (Phi) is 5.64. The van der Waals surface area contributed by atoms with Gasteiger partial charge in [-0.15, -0.1) is 11.3 Å². The topological polar surface area (TPSA) is 70.7 Å². The second kappa shape index (κ2) is 8.32. The minimum atomic E-state index is -0.418. The van der Waals surface area contributed by atoms with Crippen molar-refractivity contribution in [1.82, 2.24) is 10.2 Å². The lowest BCUT2D eigenvalue weighted by molar-refractivity contribution is 0.0600. The first-order valence-electron chi connectivity index (χ1n) is 9.66. The second-order valence-electron chi connectivity index (χ2n) is 7.48. The number of nitrogens with one attached hydrogen (secondary N) is 2. The summed E-state index contributed by atoms with van der Waals surface area (Å²) in [7, 11) is 1.34. The third-order valence-corrected chi connectivity index (χ3v) is 6.54. The Morgan fingerprint density at radius 2 is 1.96 bits per heavy atom. The summed E-state index contributed by atoms with van der Waals surface area (Å²) in [6.45, 7) is 1.02. The number of amides is 2. The number of fused-ring (bicyclic) bond motifs is 2. The predicted octanol–water partition coefficient (Wildman–Crippen LogP) is 3.85. The van der Waals surface area contributed by atoms with Crippen molar-refractivity contribution < 1.29 is 14.3 Å². The highest BCUT2D eigenvalue weighted by Crippen LogP contribution is 2.37. The number of ether oxygens (including phenoxy) is 1. The Morgan fingerprint density at radius 3 is 2.64 bits per heavy atom. The Morgan fingerprint density at radius 1 is 1.18 bits per heavy atom. The van der Waals surface area contributed by atoms with E-state index in [1.807, 2.05) is 11.3 Å². The van der Waals surface area contributed by atoms with E-state index >= 15 is 0 Å². The van der Waals surface area contributed by atoms with Crippen LogP contribution in [0.25, 0.3) is 0 Å². The Bertz CT molecular complexity index is 825. The van der Waals surface area contributed by atoms with E-state index in [0.29, 0.717) is 23.3 Å². The summed E-state index contributed by atoms with van der Waals surface area (Å²) in [6, 6.07) is 12.1.